The molecule has 3 rings (SSSR count). The molecule has 0 fully saturated rings. The minimum Gasteiger partial charge on any atom is -0.497 e. The number of ether oxygens (including phenoxy) is 1. The van der Waals surface area contributed by atoms with E-state index in [4.69, 9.17) is 4.74 Å². The van der Waals surface area contributed by atoms with Gasteiger partial charge in [-0.2, -0.15) is 13.2 Å². The van der Waals surface area contributed by atoms with Gasteiger partial charge in [0.1, 0.15) is 16.5 Å². The molecule has 0 radical (unpaired) electrons. The topological polar surface area (TPSA) is 71.5 Å². The van der Waals surface area contributed by atoms with Gasteiger partial charge in [0.15, 0.2) is 0 Å². The van der Waals surface area contributed by atoms with Crippen LogP contribution in [-0.4, -0.2) is 29.7 Å². The molecule has 1 heterocycles. The smallest absolute Gasteiger partial charge is 0.416 e. The van der Waals surface area contributed by atoms with Crippen molar-refractivity contribution in [3.05, 3.63) is 70.7 Å². The highest BCUT2D eigenvalue weighted by Crippen LogP contribution is 2.33. The number of aliphatic hydroxyl groups is 1. The first kappa shape index (κ1) is 20.8. The average molecular weight is 422 g/mol. The third-order valence-corrected chi connectivity index (χ3v) is 5.02. The molecular weight excluding hydrogens is 405 g/mol. The van der Waals surface area contributed by atoms with Crippen LogP contribution in [0.25, 0.3) is 10.6 Å². The van der Waals surface area contributed by atoms with Crippen molar-refractivity contribution in [3.63, 3.8) is 0 Å². The maximum atomic E-state index is 12.9. The molecule has 1 amide bonds. The Morgan fingerprint density at radius 3 is 2.62 bits per heavy atom. The van der Waals surface area contributed by atoms with Gasteiger partial charge in [0.25, 0.3) is 5.91 Å². The summed E-state index contributed by atoms with van der Waals surface area (Å²) >= 11 is 1.07. The Morgan fingerprint density at radius 2 is 1.97 bits per heavy atom. The van der Waals surface area contributed by atoms with Gasteiger partial charge >= 0.3 is 6.18 Å². The number of alkyl halides is 3. The summed E-state index contributed by atoms with van der Waals surface area (Å²) in [7, 11) is 1.53. The van der Waals surface area contributed by atoms with E-state index in [0.717, 1.165) is 23.5 Å². The lowest BCUT2D eigenvalue weighted by atomic mass is 10.1. The van der Waals surface area contributed by atoms with Crippen molar-refractivity contribution in [1.82, 2.24) is 10.3 Å². The summed E-state index contributed by atoms with van der Waals surface area (Å²) in [6.07, 6.45) is -5.38. The van der Waals surface area contributed by atoms with Crippen LogP contribution in [0.3, 0.4) is 0 Å². The molecule has 1 aromatic heterocycles. The predicted molar refractivity (Wildman–Crippen MR) is 103 cm³/mol. The van der Waals surface area contributed by atoms with Gasteiger partial charge in [-0.05, 0) is 29.8 Å². The number of methoxy groups -OCH3 is 1. The zero-order chi connectivity index (χ0) is 21.0. The molecular formula is C20H17F3N2O3S. The molecule has 0 spiro atoms. The fourth-order valence-corrected chi connectivity index (χ4v) is 3.36. The second-order valence-corrected chi connectivity index (χ2v) is 6.97. The average Bonchev–Trinajstić information content (AvgIpc) is 3.22. The van der Waals surface area contributed by atoms with Crippen LogP contribution in [0.2, 0.25) is 0 Å². The number of thiazole rings is 1. The van der Waals surface area contributed by atoms with Crippen LogP contribution in [0.5, 0.6) is 5.75 Å². The Labute approximate surface area is 168 Å². The summed E-state index contributed by atoms with van der Waals surface area (Å²) in [5.41, 5.74) is 0.180. The number of halogens is 3. The van der Waals surface area contributed by atoms with Crippen LogP contribution in [0, 0.1) is 0 Å². The third-order valence-electron chi connectivity index (χ3n) is 4.13. The van der Waals surface area contributed by atoms with Gasteiger partial charge in [-0.1, -0.05) is 24.3 Å². The Morgan fingerprint density at radius 1 is 1.24 bits per heavy atom. The fourth-order valence-electron chi connectivity index (χ4n) is 2.56. The van der Waals surface area contributed by atoms with Crippen LogP contribution < -0.4 is 10.1 Å². The van der Waals surface area contributed by atoms with E-state index in [0.29, 0.717) is 16.3 Å². The standard InChI is InChI=1S/C20H17F3N2O3S/c1-28-15-7-5-12(6-8-15)17(26)10-24-18(27)16-11-29-19(25-16)13-3-2-4-14(9-13)20(21,22)23/h2-9,11,17,26H,10H2,1H3,(H,24,27). The highest BCUT2D eigenvalue weighted by Gasteiger charge is 2.30. The largest absolute Gasteiger partial charge is 0.497 e. The third kappa shape index (κ3) is 5.12. The van der Waals surface area contributed by atoms with Crippen molar-refractivity contribution < 1.29 is 27.8 Å². The number of aliphatic hydroxyl groups excluding tert-OH is 1. The van der Waals surface area contributed by atoms with Crippen molar-refractivity contribution in [2.45, 2.75) is 12.3 Å². The van der Waals surface area contributed by atoms with Gasteiger partial charge in [0.05, 0.1) is 18.8 Å². The van der Waals surface area contributed by atoms with E-state index < -0.39 is 23.8 Å². The van der Waals surface area contributed by atoms with Gasteiger partial charge < -0.3 is 15.2 Å². The summed E-state index contributed by atoms with van der Waals surface area (Å²) in [6, 6.07) is 11.5. The second kappa shape index (κ2) is 8.62. The summed E-state index contributed by atoms with van der Waals surface area (Å²) in [4.78, 5) is 16.4. The van der Waals surface area contributed by atoms with E-state index >= 15 is 0 Å². The Bertz CT molecular complexity index is 987. The molecule has 1 unspecified atom stereocenters. The minimum absolute atomic E-state index is 0.0401. The predicted octanol–water partition coefficient (Wildman–Crippen LogP) is 4.30. The molecule has 0 saturated carbocycles. The maximum Gasteiger partial charge on any atom is 0.416 e. The van der Waals surface area contributed by atoms with Crippen molar-refractivity contribution in [2.24, 2.45) is 0 Å². The van der Waals surface area contributed by atoms with Gasteiger partial charge in [-0.15, -0.1) is 11.3 Å². The van der Waals surface area contributed by atoms with Crippen LogP contribution in [0.15, 0.2) is 53.9 Å². The lowest BCUT2D eigenvalue weighted by molar-refractivity contribution is -0.137. The lowest BCUT2D eigenvalue weighted by Crippen LogP contribution is -2.28. The van der Waals surface area contributed by atoms with Crippen molar-refractivity contribution in [1.29, 1.82) is 0 Å². The van der Waals surface area contributed by atoms with E-state index in [9.17, 15) is 23.1 Å². The SMILES string of the molecule is COc1ccc(C(O)CNC(=O)c2csc(-c3cccc(C(F)(F)F)c3)n2)cc1. The first-order valence-corrected chi connectivity index (χ1v) is 9.39. The van der Waals surface area contributed by atoms with E-state index in [1.165, 1.54) is 24.6 Å². The maximum absolute atomic E-state index is 12.9. The Kier molecular flexibility index (Phi) is 6.19. The monoisotopic (exact) mass is 422 g/mol. The summed E-state index contributed by atoms with van der Waals surface area (Å²) in [5.74, 6) is 0.126. The normalized spacial score (nSPS) is 12.4. The Balaban J connectivity index is 1.65. The number of aromatic nitrogens is 1. The molecule has 0 saturated heterocycles. The zero-order valence-electron chi connectivity index (χ0n) is 15.2. The van der Waals surface area contributed by atoms with Gasteiger partial charge in [-0.25, -0.2) is 4.98 Å². The number of nitrogens with zero attached hydrogens (tertiary/aromatic N) is 1. The second-order valence-electron chi connectivity index (χ2n) is 6.12. The van der Waals surface area contributed by atoms with Gasteiger partial charge in [0.2, 0.25) is 0 Å². The molecule has 152 valence electrons. The zero-order valence-corrected chi connectivity index (χ0v) is 16.1. The fraction of sp³-hybridized carbons (Fsp3) is 0.200. The van der Waals surface area contributed by atoms with Crippen LogP contribution in [0.1, 0.15) is 27.7 Å². The van der Waals surface area contributed by atoms with Crippen molar-refractivity contribution >= 4 is 17.2 Å². The van der Waals surface area contributed by atoms with E-state index in [2.05, 4.69) is 10.3 Å². The van der Waals surface area contributed by atoms with E-state index in [-0.39, 0.29) is 17.8 Å². The first-order valence-electron chi connectivity index (χ1n) is 8.51. The van der Waals surface area contributed by atoms with Crippen molar-refractivity contribution in [2.75, 3.05) is 13.7 Å². The number of carbonyl (C=O) groups excluding carboxylic acids is 1. The van der Waals surface area contributed by atoms with Crippen molar-refractivity contribution in [3.8, 4) is 16.3 Å². The number of nitrogens with one attached hydrogen (secondary N) is 1. The molecule has 2 N–H and O–H groups in total. The quantitative estimate of drug-likeness (QED) is 0.621. The molecule has 1 atom stereocenters. The highest BCUT2D eigenvalue weighted by atomic mass is 32.1. The lowest BCUT2D eigenvalue weighted by Gasteiger charge is -2.12. The van der Waals surface area contributed by atoms with Crippen LogP contribution in [-0.2, 0) is 6.18 Å². The molecule has 3 aromatic rings. The number of rotatable bonds is 6. The summed E-state index contributed by atoms with van der Waals surface area (Å²) < 4.78 is 43.6. The molecule has 0 aliphatic heterocycles. The Hall–Kier alpha value is -2.91. The van der Waals surface area contributed by atoms with Gasteiger partial charge in [-0.3, -0.25) is 4.79 Å². The first-order chi connectivity index (χ1) is 13.8. The molecule has 0 aliphatic rings. The molecule has 2 aromatic carbocycles. The molecule has 9 heteroatoms. The highest BCUT2D eigenvalue weighted by molar-refractivity contribution is 7.13. The number of benzene rings is 2. The number of hydrogen-bond donors (Lipinski definition) is 2. The van der Waals surface area contributed by atoms with Crippen LogP contribution in [0.4, 0.5) is 13.2 Å². The van der Waals surface area contributed by atoms with Gasteiger partial charge in [0, 0.05) is 17.5 Å². The molecule has 0 aliphatic carbocycles. The number of carbonyl (C=O) groups is 1. The molecule has 0 bridgehead atoms. The van der Waals surface area contributed by atoms with E-state index in [1.807, 2.05) is 0 Å². The molecule has 5 nitrogen and oxygen atoms in total. The summed E-state index contributed by atoms with van der Waals surface area (Å²) in [6.45, 7) is -0.0401. The molecule has 29 heavy (non-hydrogen) atoms. The minimum atomic E-state index is -4.45. The number of hydrogen-bond acceptors (Lipinski definition) is 5. The summed E-state index contributed by atoms with van der Waals surface area (Å²) in [5, 5.41) is 14.5. The number of amides is 1. The van der Waals surface area contributed by atoms with Crippen LogP contribution >= 0.6 is 11.3 Å². The van der Waals surface area contributed by atoms with E-state index in [1.54, 1.807) is 24.3 Å².